The van der Waals surface area contributed by atoms with Crippen LogP contribution in [0, 0.1) is 12.3 Å². The van der Waals surface area contributed by atoms with Gasteiger partial charge in [-0.15, -0.1) is 11.3 Å². The van der Waals surface area contributed by atoms with Crippen molar-refractivity contribution in [2.75, 3.05) is 68.0 Å². The van der Waals surface area contributed by atoms with Gasteiger partial charge in [0.15, 0.2) is 23.8 Å². The van der Waals surface area contributed by atoms with Gasteiger partial charge in [-0.3, -0.25) is 34.0 Å². The average Bonchev–Trinajstić information content (AvgIpc) is 4.14. The molecule has 3 N–H and O–H groups in total. The van der Waals surface area contributed by atoms with Crippen molar-refractivity contribution in [2.24, 2.45) is 5.41 Å². The number of hydrogen-bond donors (Lipinski definition) is 3. The Labute approximate surface area is 421 Å². The Hall–Kier alpha value is -7.59. The molecule has 2 aliphatic rings. The van der Waals surface area contributed by atoms with E-state index in [2.05, 4.69) is 46.0 Å². The number of aryl methyl sites for hydroxylation is 1. The molecule has 0 spiro atoms. The van der Waals surface area contributed by atoms with E-state index in [1.807, 2.05) is 67.3 Å². The molecule has 21 nitrogen and oxygen atoms in total. The lowest BCUT2D eigenvalue weighted by molar-refractivity contribution is -0.144. The van der Waals surface area contributed by atoms with Gasteiger partial charge in [0.2, 0.25) is 23.7 Å². The number of carbonyl (C=O) groups excluding carboxylic acids is 5. The SMILES string of the molecule is Cc1ncsc1-c1ccc(CNC(=O)C2CCCN2C(=O)C(NC(=O)COc2cnc(N3CCN(CC(=O)Nc4cn5nc(-c6cncc(N(C)C(=O)OC(C)C)c6)ccc5n4)CC3)nc2)C(C)(C)C)cc1. The van der Waals surface area contributed by atoms with Gasteiger partial charge >= 0.3 is 6.09 Å². The molecule has 5 amide bonds. The summed E-state index contributed by atoms with van der Waals surface area (Å²) in [6.07, 6.45) is 8.30. The third-order valence-electron chi connectivity index (χ3n) is 12.3. The summed E-state index contributed by atoms with van der Waals surface area (Å²) < 4.78 is 12.6. The molecule has 0 bridgehead atoms. The zero-order valence-electron chi connectivity index (χ0n) is 41.5. The fourth-order valence-electron chi connectivity index (χ4n) is 8.40. The molecule has 0 radical (unpaired) electrons. The summed E-state index contributed by atoms with van der Waals surface area (Å²) in [6.45, 7) is 14.0. The van der Waals surface area contributed by atoms with Crippen molar-refractivity contribution >= 4 is 64.2 Å². The van der Waals surface area contributed by atoms with E-state index in [9.17, 15) is 24.0 Å². The van der Waals surface area contributed by atoms with Crippen LogP contribution < -0.4 is 30.5 Å². The number of piperazine rings is 1. The van der Waals surface area contributed by atoms with Crippen LogP contribution in [0.4, 0.5) is 22.2 Å². The molecule has 0 saturated carbocycles. The highest BCUT2D eigenvalue weighted by Crippen LogP contribution is 2.29. The number of nitrogens with zero attached hydrogens (tertiary/aromatic N) is 11. The number of aromatic nitrogens is 7. The predicted molar refractivity (Wildman–Crippen MR) is 271 cm³/mol. The van der Waals surface area contributed by atoms with Crippen LogP contribution in [0.25, 0.3) is 27.3 Å². The van der Waals surface area contributed by atoms with Gasteiger partial charge in [0.25, 0.3) is 5.91 Å². The minimum Gasteiger partial charge on any atom is -0.481 e. The molecular formula is C50H60N14O7S. The van der Waals surface area contributed by atoms with E-state index in [4.69, 9.17) is 9.47 Å². The number of rotatable bonds is 16. The van der Waals surface area contributed by atoms with Crippen molar-refractivity contribution in [2.45, 2.75) is 79.1 Å². The molecule has 2 atom stereocenters. The van der Waals surface area contributed by atoms with Gasteiger partial charge in [0.1, 0.15) is 12.1 Å². The molecule has 72 heavy (non-hydrogen) atoms. The predicted octanol–water partition coefficient (Wildman–Crippen LogP) is 4.97. The number of benzene rings is 1. The second kappa shape index (κ2) is 22.2. The van der Waals surface area contributed by atoms with Crippen molar-refractivity contribution in [1.82, 2.24) is 55.0 Å². The Morgan fingerprint density at radius 2 is 1.65 bits per heavy atom. The first-order chi connectivity index (χ1) is 34.5. The fourth-order valence-corrected chi connectivity index (χ4v) is 9.21. The van der Waals surface area contributed by atoms with E-state index in [0.29, 0.717) is 86.5 Å². The normalized spacial score (nSPS) is 15.6. The Morgan fingerprint density at radius 1 is 0.903 bits per heavy atom. The van der Waals surface area contributed by atoms with E-state index in [1.54, 1.807) is 78.4 Å². The Kier molecular flexibility index (Phi) is 15.7. The number of anilines is 3. The fraction of sp³-hybridized carbons (Fsp3) is 0.420. The maximum absolute atomic E-state index is 14.1. The van der Waals surface area contributed by atoms with Gasteiger partial charge in [0.05, 0.1) is 64.9 Å². The zero-order valence-corrected chi connectivity index (χ0v) is 42.3. The molecule has 5 aromatic heterocycles. The molecule has 2 unspecified atom stereocenters. The highest BCUT2D eigenvalue weighted by atomic mass is 32.1. The number of amides is 5. The summed E-state index contributed by atoms with van der Waals surface area (Å²) in [5.74, 6) is -0.143. The van der Waals surface area contributed by atoms with Crippen LogP contribution in [0.5, 0.6) is 5.75 Å². The van der Waals surface area contributed by atoms with Gasteiger partial charge < -0.3 is 35.2 Å². The molecule has 2 fully saturated rings. The number of thiazole rings is 1. The number of hydrogen-bond acceptors (Lipinski definition) is 16. The first-order valence-electron chi connectivity index (χ1n) is 23.8. The monoisotopic (exact) mass is 1000 g/mol. The zero-order chi connectivity index (χ0) is 51.1. The number of pyridine rings is 1. The maximum Gasteiger partial charge on any atom is 0.414 e. The second-order valence-corrected chi connectivity index (χ2v) is 20.0. The van der Waals surface area contributed by atoms with Crippen LogP contribution in [0.15, 0.2) is 79.0 Å². The summed E-state index contributed by atoms with van der Waals surface area (Å²) in [5, 5.41) is 13.4. The second-order valence-electron chi connectivity index (χ2n) is 19.1. The van der Waals surface area contributed by atoms with Gasteiger partial charge in [-0.2, -0.15) is 5.10 Å². The number of fused-ring (bicyclic) bond motifs is 1. The number of likely N-dealkylation sites (tertiary alicyclic amines) is 1. The first-order valence-corrected chi connectivity index (χ1v) is 24.7. The topological polar surface area (TPSA) is 235 Å². The van der Waals surface area contributed by atoms with Gasteiger partial charge in [0, 0.05) is 58.1 Å². The lowest BCUT2D eigenvalue weighted by Crippen LogP contribution is -2.58. The lowest BCUT2D eigenvalue weighted by atomic mass is 9.85. The van der Waals surface area contributed by atoms with Crippen LogP contribution in [-0.2, 0) is 30.5 Å². The molecule has 8 rings (SSSR count). The molecule has 7 heterocycles. The quantitative estimate of drug-likeness (QED) is 0.116. The molecular weight excluding hydrogens is 941 g/mol. The number of imidazole rings is 1. The number of ether oxygens (including phenoxy) is 2. The Morgan fingerprint density at radius 3 is 2.35 bits per heavy atom. The minimum atomic E-state index is -0.905. The van der Waals surface area contributed by atoms with Crippen molar-refractivity contribution in [1.29, 1.82) is 0 Å². The van der Waals surface area contributed by atoms with Crippen molar-refractivity contribution < 1.29 is 33.4 Å². The molecule has 1 aromatic carbocycles. The lowest BCUT2D eigenvalue weighted by Gasteiger charge is -2.35. The molecule has 0 aliphatic carbocycles. The summed E-state index contributed by atoms with van der Waals surface area (Å²) in [6, 6.07) is 11.8. The Balaban J connectivity index is 0.769. The van der Waals surface area contributed by atoms with Gasteiger partial charge in [-0.1, -0.05) is 45.0 Å². The van der Waals surface area contributed by atoms with Gasteiger partial charge in [-0.05, 0) is 68.4 Å². The smallest absolute Gasteiger partial charge is 0.414 e. The van der Waals surface area contributed by atoms with Crippen LogP contribution in [-0.4, -0.2) is 145 Å². The molecule has 22 heteroatoms. The number of carbonyl (C=O) groups is 5. The molecule has 6 aromatic rings. The largest absolute Gasteiger partial charge is 0.481 e. The summed E-state index contributed by atoms with van der Waals surface area (Å²) >= 11 is 1.59. The number of nitrogens with one attached hydrogen (secondary N) is 3. The van der Waals surface area contributed by atoms with Crippen molar-refractivity contribution in [3.63, 3.8) is 0 Å². The van der Waals surface area contributed by atoms with Crippen molar-refractivity contribution in [3.05, 3.63) is 90.2 Å². The third-order valence-corrected chi connectivity index (χ3v) is 13.3. The van der Waals surface area contributed by atoms with Crippen molar-refractivity contribution in [3.8, 4) is 27.4 Å². The van der Waals surface area contributed by atoms with E-state index in [-0.39, 0.29) is 42.7 Å². The highest BCUT2D eigenvalue weighted by Gasteiger charge is 2.42. The summed E-state index contributed by atoms with van der Waals surface area (Å²) in [5.41, 5.74) is 6.52. The van der Waals surface area contributed by atoms with Gasteiger partial charge in [-0.25, -0.2) is 29.2 Å². The third kappa shape index (κ3) is 12.5. The van der Waals surface area contributed by atoms with Crippen LogP contribution in [0.3, 0.4) is 0 Å². The van der Waals surface area contributed by atoms with Crippen LogP contribution in [0.1, 0.15) is 58.7 Å². The highest BCUT2D eigenvalue weighted by molar-refractivity contribution is 7.13. The first kappa shape index (κ1) is 50.8. The van der Waals surface area contributed by atoms with Crippen LogP contribution >= 0.6 is 11.3 Å². The molecule has 2 aliphatic heterocycles. The van der Waals surface area contributed by atoms with E-state index >= 15 is 0 Å². The Bertz CT molecular complexity index is 2890. The minimum absolute atomic E-state index is 0.155. The molecule has 378 valence electrons. The summed E-state index contributed by atoms with van der Waals surface area (Å²) in [7, 11) is 1.61. The maximum atomic E-state index is 14.1. The van der Waals surface area contributed by atoms with E-state index in [0.717, 1.165) is 21.7 Å². The van der Waals surface area contributed by atoms with E-state index < -0.39 is 29.5 Å². The average molecular weight is 1000 g/mol. The van der Waals surface area contributed by atoms with E-state index in [1.165, 1.54) is 17.3 Å². The summed E-state index contributed by atoms with van der Waals surface area (Å²) in [4.78, 5) is 96.5. The van der Waals surface area contributed by atoms with Crippen LogP contribution in [0.2, 0.25) is 0 Å². The molecule has 2 saturated heterocycles. The standard InChI is InChI=1S/C50H60N14O7S/c1-31(2)71-49(69)60(7)36-21-35(23-51-24-36)38-14-15-41-56-40(27-64(41)59-38)57-42(65)28-61-17-19-62(20-18-61)48-53-25-37(26-54-48)70-29-43(66)58-45(50(4,5)6)47(68)63-16-8-9-39(63)46(67)52-22-33-10-12-34(13-11-33)44-32(3)55-30-72-44/h10-15,21,23-27,30-31,39,45H,8-9,16-20,22,28-29H2,1-7H3,(H,52,67)(H,57,65)(H,58,66).